The third-order valence-corrected chi connectivity index (χ3v) is 3.83. The fraction of sp³-hybridized carbons (Fsp3) is 0.533. The second-order valence-electron chi connectivity index (χ2n) is 5.34. The minimum atomic E-state index is 0.387. The number of hydrogen-bond acceptors (Lipinski definition) is 4. The van der Waals surface area contributed by atoms with Crippen LogP contribution in [0.1, 0.15) is 29.7 Å². The molecule has 3 rings (SSSR count). The van der Waals surface area contributed by atoms with Gasteiger partial charge < -0.3 is 9.15 Å². The molecular weight excluding hydrogens is 254 g/mol. The van der Waals surface area contributed by atoms with Crippen LogP contribution < -0.4 is 0 Å². The molecule has 5 heteroatoms. The van der Waals surface area contributed by atoms with Crippen molar-refractivity contribution in [3.05, 3.63) is 41.6 Å². The second kappa shape index (κ2) is 5.81. The van der Waals surface area contributed by atoms with Crippen molar-refractivity contribution >= 4 is 0 Å². The molecule has 0 amide bonds. The van der Waals surface area contributed by atoms with Crippen LogP contribution in [0.25, 0.3) is 0 Å². The Bertz CT molecular complexity index is 547. The summed E-state index contributed by atoms with van der Waals surface area (Å²) in [5.41, 5.74) is 3.85. The van der Waals surface area contributed by atoms with Gasteiger partial charge in [0.05, 0.1) is 25.3 Å². The van der Waals surface area contributed by atoms with Gasteiger partial charge in [0.1, 0.15) is 0 Å². The number of furan rings is 1. The molecule has 2 aromatic rings. The van der Waals surface area contributed by atoms with Gasteiger partial charge in [0.25, 0.3) is 0 Å². The lowest BCUT2D eigenvalue weighted by Crippen LogP contribution is -2.35. The van der Waals surface area contributed by atoms with Crippen LogP contribution in [0.15, 0.2) is 29.2 Å². The lowest BCUT2D eigenvalue weighted by Gasteiger charge is -2.32. The standard InChI is InChI=1S/C15H21N3O2/c1-3-19-11-14-9-18(7-12-4-5-20-10-12)8-13-6-16-17(2)15(13)14/h4-6,10,14H,3,7-9,11H2,1-2H3/t14-/m0/s1. The maximum absolute atomic E-state index is 5.65. The zero-order valence-electron chi connectivity index (χ0n) is 12.1. The van der Waals surface area contributed by atoms with Crippen LogP contribution in [-0.4, -0.2) is 34.4 Å². The Morgan fingerprint density at radius 2 is 2.40 bits per heavy atom. The molecule has 1 aliphatic heterocycles. The van der Waals surface area contributed by atoms with Crippen LogP contribution in [0.4, 0.5) is 0 Å². The van der Waals surface area contributed by atoms with Gasteiger partial charge in [0.15, 0.2) is 0 Å². The van der Waals surface area contributed by atoms with Crippen molar-refractivity contribution in [2.24, 2.45) is 7.05 Å². The van der Waals surface area contributed by atoms with Crippen molar-refractivity contribution < 1.29 is 9.15 Å². The van der Waals surface area contributed by atoms with Gasteiger partial charge in [0.2, 0.25) is 0 Å². The van der Waals surface area contributed by atoms with Gasteiger partial charge in [-0.25, -0.2) is 0 Å². The Labute approximate surface area is 119 Å². The highest BCUT2D eigenvalue weighted by Crippen LogP contribution is 2.29. The Morgan fingerprint density at radius 1 is 1.50 bits per heavy atom. The molecule has 0 saturated heterocycles. The normalized spacial score (nSPS) is 19.2. The largest absolute Gasteiger partial charge is 0.472 e. The van der Waals surface area contributed by atoms with E-state index in [4.69, 9.17) is 9.15 Å². The predicted molar refractivity (Wildman–Crippen MR) is 75.3 cm³/mol. The molecule has 108 valence electrons. The summed E-state index contributed by atoms with van der Waals surface area (Å²) in [5, 5.41) is 4.40. The molecule has 0 unspecified atom stereocenters. The van der Waals surface area contributed by atoms with Gasteiger partial charge in [-0.15, -0.1) is 0 Å². The van der Waals surface area contributed by atoms with E-state index in [0.717, 1.165) is 32.8 Å². The Balaban J connectivity index is 1.77. The van der Waals surface area contributed by atoms with E-state index >= 15 is 0 Å². The molecule has 1 aliphatic rings. The average molecular weight is 275 g/mol. The molecule has 0 spiro atoms. The summed E-state index contributed by atoms with van der Waals surface area (Å²) in [6, 6.07) is 2.02. The van der Waals surface area contributed by atoms with E-state index in [1.165, 1.54) is 16.8 Å². The number of hydrogen-bond donors (Lipinski definition) is 0. The van der Waals surface area contributed by atoms with Crippen molar-refractivity contribution in [3.63, 3.8) is 0 Å². The third kappa shape index (κ3) is 2.64. The Hall–Kier alpha value is -1.59. The molecule has 0 aliphatic carbocycles. The van der Waals surface area contributed by atoms with Crippen molar-refractivity contribution in [1.82, 2.24) is 14.7 Å². The minimum Gasteiger partial charge on any atom is -0.472 e. The van der Waals surface area contributed by atoms with Crippen LogP contribution in [0.5, 0.6) is 0 Å². The summed E-state index contributed by atoms with van der Waals surface area (Å²) in [6.07, 6.45) is 5.53. The van der Waals surface area contributed by atoms with Crippen LogP contribution in [-0.2, 0) is 24.9 Å². The summed E-state index contributed by atoms with van der Waals surface area (Å²) >= 11 is 0. The van der Waals surface area contributed by atoms with Crippen LogP contribution in [0.3, 0.4) is 0 Å². The van der Waals surface area contributed by atoms with Crippen molar-refractivity contribution in [1.29, 1.82) is 0 Å². The number of rotatable bonds is 5. The van der Waals surface area contributed by atoms with Gasteiger partial charge in [-0.3, -0.25) is 9.58 Å². The van der Waals surface area contributed by atoms with E-state index in [2.05, 4.69) is 10.00 Å². The first-order valence-electron chi connectivity index (χ1n) is 7.10. The highest BCUT2D eigenvalue weighted by Gasteiger charge is 2.28. The lowest BCUT2D eigenvalue weighted by molar-refractivity contribution is 0.102. The molecule has 0 saturated carbocycles. The third-order valence-electron chi connectivity index (χ3n) is 3.83. The summed E-state index contributed by atoms with van der Waals surface area (Å²) < 4.78 is 12.8. The fourth-order valence-corrected chi connectivity index (χ4v) is 3.00. The van der Waals surface area contributed by atoms with Crippen LogP contribution in [0.2, 0.25) is 0 Å². The Morgan fingerprint density at radius 3 is 3.15 bits per heavy atom. The summed E-state index contributed by atoms with van der Waals surface area (Å²) in [7, 11) is 2.02. The highest BCUT2D eigenvalue weighted by atomic mass is 16.5. The molecule has 0 fully saturated rings. The van der Waals surface area contributed by atoms with E-state index in [9.17, 15) is 0 Å². The lowest BCUT2D eigenvalue weighted by atomic mass is 9.96. The van der Waals surface area contributed by atoms with Crippen molar-refractivity contribution in [3.8, 4) is 0 Å². The van der Waals surface area contributed by atoms with Gasteiger partial charge in [-0.1, -0.05) is 0 Å². The topological polar surface area (TPSA) is 43.4 Å². The molecule has 5 nitrogen and oxygen atoms in total. The van der Waals surface area contributed by atoms with E-state index in [1.807, 2.05) is 37.2 Å². The average Bonchev–Trinajstić information content (AvgIpc) is 3.07. The summed E-state index contributed by atoms with van der Waals surface area (Å²) in [5.74, 6) is 0.387. The molecular formula is C15H21N3O2. The second-order valence-corrected chi connectivity index (χ2v) is 5.34. The minimum absolute atomic E-state index is 0.387. The monoisotopic (exact) mass is 275 g/mol. The number of fused-ring (bicyclic) bond motifs is 1. The van der Waals surface area contributed by atoms with Crippen LogP contribution in [0, 0.1) is 0 Å². The number of ether oxygens (including phenoxy) is 1. The van der Waals surface area contributed by atoms with Gasteiger partial charge >= 0.3 is 0 Å². The molecule has 20 heavy (non-hydrogen) atoms. The number of nitrogens with zero attached hydrogens (tertiary/aromatic N) is 3. The maximum Gasteiger partial charge on any atom is 0.0947 e. The SMILES string of the molecule is CCOC[C@@H]1CN(Cc2ccoc2)Cc2cnn(C)c21. The highest BCUT2D eigenvalue weighted by molar-refractivity contribution is 5.25. The van der Waals surface area contributed by atoms with E-state index in [0.29, 0.717) is 5.92 Å². The van der Waals surface area contributed by atoms with E-state index in [1.54, 1.807) is 6.26 Å². The first-order chi connectivity index (χ1) is 9.78. The predicted octanol–water partition coefficient (Wildman–Crippen LogP) is 2.15. The van der Waals surface area contributed by atoms with Crippen LogP contribution >= 0.6 is 0 Å². The van der Waals surface area contributed by atoms with Crippen molar-refractivity contribution in [2.75, 3.05) is 19.8 Å². The molecule has 0 N–H and O–H groups in total. The molecule has 0 bridgehead atoms. The molecule has 0 radical (unpaired) electrons. The molecule has 3 heterocycles. The first kappa shape index (κ1) is 13.4. The van der Waals surface area contributed by atoms with E-state index < -0.39 is 0 Å². The zero-order chi connectivity index (χ0) is 13.9. The maximum atomic E-state index is 5.65. The number of aromatic nitrogens is 2. The van der Waals surface area contributed by atoms with Gasteiger partial charge in [-0.05, 0) is 13.0 Å². The van der Waals surface area contributed by atoms with Gasteiger partial charge in [-0.2, -0.15) is 5.10 Å². The fourth-order valence-electron chi connectivity index (χ4n) is 3.00. The quantitative estimate of drug-likeness (QED) is 0.838. The van der Waals surface area contributed by atoms with Gasteiger partial charge in [0, 0.05) is 56.0 Å². The zero-order valence-corrected chi connectivity index (χ0v) is 12.1. The Kier molecular flexibility index (Phi) is 3.89. The first-order valence-corrected chi connectivity index (χ1v) is 7.10. The smallest absolute Gasteiger partial charge is 0.0947 e. The molecule has 1 atom stereocenters. The summed E-state index contributed by atoms with van der Waals surface area (Å²) in [4.78, 5) is 2.43. The van der Waals surface area contributed by atoms with E-state index in [-0.39, 0.29) is 0 Å². The molecule has 2 aromatic heterocycles. The summed E-state index contributed by atoms with van der Waals surface area (Å²) in [6.45, 7) is 6.40. The van der Waals surface area contributed by atoms with Crippen molar-refractivity contribution in [2.45, 2.75) is 25.9 Å². The molecule has 0 aromatic carbocycles. The number of aryl methyl sites for hydroxylation is 1.